The first-order valence-corrected chi connectivity index (χ1v) is 10.1. The van der Waals surface area contributed by atoms with Gasteiger partial charge in [0.1, 0.15) is 11.3 Å². The van der Waals surface area contributed by atoms with Gasteiger partial charge in [0.25, 0.3) is 11.8 Å². The second-order valence-electron chi connectivity index (χ2n) is 6.23. The number of hydrogen-bond acceptors (Lipinski definition) is 6. The summed E-state index contributed by atoms with van der Waals surface area (Å²) in [6.45, 7) is 2.04. The average molecular weight is 483 g/mol. The van der Waals surface area contributed by atoms with E-state index in [2.05, 4.69) is 20.7 Å². The van der Waals surface area contributed by atoms with E-state index in [4.69, 9.17) is 44.3 Å². The van der Waals surface area contributed by atoms with Gasteiger partial charge in [-0.05, 0) is 19.1 Å². The molecule has 1 aliphatic rings. The summed E-state index contributed by atoms with van der Waals surface area (Å²) in [4.78, 5) is 30.0. The number of benzene rings is 1. The molecule has 4 rings (SSSR count). The SMILES string of the molecule is CCNC(=O)c1c(NC(=O)c2cc(Cl)nn2-c2ncccc2Cl)c(Cl)cc2c1OCO2. The first-order valence-electron chi connectivity index (χ1n) is 8.98. The number of nitrogens with zero attached hydrogens (tertiary/aromatic N) is 3. The van der Waals surface area contributed by atoms with Crippen LogP contribution in [0.2, 0.25) is 15.2 Å². The van der Waals surface area contributed by atoms with Crippen molar-refractivity contribution in [3.8, 4) is 17.3 Å². The molecular formula is C19H14Cl3N5O4. The Kier molecular flexibility index (Phi) is 5.90. The molecule has 160 valence electrons. The lowest BCUT2D eigenvalue weighted by atomic mass is 10.1. The largest absolute Gasteiger partial charge is 0.454 e. The number of halogens is 3. The molecule has 0 saturated heterocycles. The van der Waals surface area contributed by atoms with Gasteiger partial charge in [0.05, 0.1) is 15.7 Å². The molecule has 31 heavy (non-hydrogen) atoms. The van der Waals surface area contributed by atoms with Crippen LogP contribution in [0.15, 0.2) is 30.5 Å². The molecule has 0 atom stereocenters. The molecular weight excluding hydrogens is 469 g/mol. The summed E-state index contributed by atoms with van der Waals surface area (Å²) in [5, 5.41) is 9.81. The lowest BCUT2D eigenvalue weighted by molar-refractivity contribution is 0.0952. The highest BCUT2D eigenvalue weighted by Crippen LogP contribution is 2.44. The van der Waals surface area contributed by atoms with Crippen molar-refractivity contribution in [2.45, 2.75) is 6.92 Å². The molecule has 12 heteroatoms. The van der Waals surface area contributed by atoms with Crippen LogP contribution in [0.3, 0.4) is 0 Å². The number of rotatable bonds is 5. The van der Waals surface area contributed by atoms with E-state index >= 15 is 0 Å². The second-order valence-corrected chi connectivity index (χ2v) is 7.43. The fraction of sp³-hybridized carbons (Fsp3) is 0.158. The molecule has 0 radical (unpaired) electrons. The number of hydrogen-bond donors (Lipinski definition) is 2. The van der Waals surface area contributed by atoms with Crippen molar-refractivity contribution in [1.29, 1.82) is 0 Å². The minimum absolute atomic E-state index is 0.0289. The van der Waals surface area contributed by atoms with Gasteiger partial charge in [-0.3, -0.25) is 9.59 Å². The summed E-state index contributed by atoms with van der Waals surface area (Å²) < 4.78 is 12.0. The van der Waals surface area contributed by atoms with Crippen LogP contribution < -0.4 is 20.1 Å². The summed E-state index contributed by atoms with van der Waals surface area (Å²) in [5.74, 6) is -0.432. The highest BCUT2D eigenvalue weighted by Gasteiger charge is 2.30. The lowest BCUT2D eigenvalue weighted by Crippen LogP contribution is -2.26. The van der Waals surface area contributed by atoms with Gasteiger partial charge in [0.2, 0.25) is 6.79 Å². The van der Waals surface area contributed by atoms with Gasteiger partial charge in [-0.25, -0.2) is 9.67 Å². The molecule has 0 saturated carbocycles. The number of amides is 2. The van der Waals surface area contributed by atoms with Gasteiger partial charge in [-0.1, -0.05) is 34.8 Å². The minimum atomic E-state index is -0.646. The van der Waals surface area contributed by atoms with Crippen molar-refractivity contribution in [2.24, 2.45) is 0 Å². The number of carbonyl (C=O) groups is 2. The molecule has 3 aromatic rings. The zero-order chi connectivity index (χ0) is 22.1. The van der Waals surface area contributed by atoms with Crippen LogP contribution in [0.5, 0.6) is 11.5 Å². The standard InChI is InChI=1S/C19H14Cl3N5O4/c1-2-23-19(29)14-15(10(21)6-12-16(14)31-8-30-12)25-18(28)11-7-13(22)26-27(11)17-9(20)4-3-5-24-17/h3-7H,2,8H2,1H3,(H,23,29)(H,25,28). The number of ether oxygens (including phenoxy) is 2. The normalized spacial score (nSPS) is 12.0. The van der Waals surface area contributed by atoms with E-state index in [0.29, 0.717) is 12.3 Å². The third-order valence-corrected chi connectivity index (χ3v) is 5.05. The van der Waals surface area contributed by atoms with Crippen LogP contribution in [0.25, 0.3) is 5.82 Å². The van der Waals surface area contributed by atoms with Crippen molar-refractivity contribution in [3.05, 3.63) is 56.9 Å². The fourth-order valence-corrected chi connectivity index (χ4v) is 3.61. The molecule has 0 fully saturated rings. The number of pyridine rings is 1. The summed E-state index contributed by atoms with van der Waals surface area (Å²) in [6, 6.07) is 6.04. The summed E-state index contributed by atoms with van der Waals surface area (Å²) in [6.07, 6.45) is 1.50. The van der Waals surface area contributed by atoms with Gasteiger partial charge in [-0.15, -0.1) is 0 Å². The van der Waals surface area contributed by atoms with Crippen LogP contribution in [-0.2, 0) is 0 Å². The Hall–Kier alpha value is -3.01. The van der Waals surface area contributed by atoms with Gasteiger partial charge in [-0.2, -0.15) is 5.10 Å². The Balaban J connectivity index is 1.77. The molecule has 1 aromatic carbocycles. The Morgan fingerprint density at radius 3 is 2.71 bits per heavy atom. The zero-order valence-electron chi connectivity index (χ0n) is 15.9. The van der Waals surface area contributed by atoms with E-state index in [1.165, 1.54) is 23.0 Å². The smallest absolute Gasteiger partial charge is 0.274 e. The maximum Gasteiger partial charge on any atom is 0.274 e. The van der Waals surface area contributed by atoms with Crippen molar-refractivity contribution < 1.29 is 19.1 Å². The predicted molar refractivity (Wildman–Crippen MR) is 115 cm³/mol. The molecule has 2 N–H and O–H groups in total. The van der Waals surface area contributed by atoms with Crippen LogP contribution in [0.4, 0.5) is 5.69 Å². The molecule has 0 bridgehead atoms. The van der Waals surface area contributed by atoms with E-state index < -0.39 is 11.8 Å². The van der Waals surface area contributed by atoms with Gasteiger partial charge < -0.3 is 20.1 Å². The number of anilines is 1. The Morgan fingerprint density at radius 2 is 1.97 bits per heavy atom. The van der Waals surface area contributed by atoms with Crippen LogP contribution in [0, 0.1) is 0 Å². The van der Waals surface area contributed by atoms with E-state index in [9.17, 15) is 9.59 Å². The summed E-state index contributed by atoms with van der Waals surface area (Å²) in [5.41, 5.74) is 0.127. The highest BCUT2D eigenvalue weighted by atomic mass is 35.5. The quantitative estimate of drug-likeness (QED) is 0.570. The third kappa shape index (κ3) is 3.99. The van der Waals surface area contributed by atoms with Gasteiger partial charge >= 0.3 is 0 Å². The van der Waals surface area contributed by atoms with Gasteiger partial charge in [0.15, 0.2) is 22.5 Å². The highest BCUT2D eigenvalue weighted by molar-refractivity contribution is 6.36. The van der Waals surface area contributed by atoms with Crippen LogP contribution in [-0.4, -0.2) is 39.9 Å². The molecule has 0 spiro atoms. The fourth-order valence-electron chi connectivity index (χ4n) is 2.99. The average Bonchev–Trinajstić information content (AvgIpc) is 3.35. The molecule has 1 aliphatic heterocycles. The lowest BCUT2D eigenvalue weighted by Gasteiger charge is -2.15. The van der Waals surface area contributed by atoms with Crippen molar-refractivity contribution >= 4 is 52.3 Å². The van der Waals surface area contributed by atoms with Crippen molar-refractivity contribution in [1.82, 2.24) is 20.1 Å². The topological polar surface area (TPSA) is 107 Å². The summed E-state index contributed by atoms with van der Waals surface area (Å²) in [7, 11) is 0. The Bertz CT molecular complexity index is 1200. The predicted octanol–water partition coefficient (Wildman–Crippen LogP) is 3.96. The van der Waals surface area contributed by atoms with Crippen molar-refractivity contribution in [3.63, 3.8) is 0 Å². The molecule has 0 aliphatic carbocycles. The molecule has 9 nitrogen and oxygen atoms in total. The van der Waals surface area contributed by atoms with Crippen molar-refractivity contribution in [2.75, 3.05) is 18.7 Å². The first kappa shape index (κ1) is 21.2. The monoisotopic (exact) mass is 481 g/mol. The van der Waals surface area contributed by atoms with E-state index in [-0.39, 0.29) is 50.5 Å². The third-order valence-electron chi connectivity index (χ3n) is 4.27. The molecule has 0 unspecified atom stereocenters. The Labute approximate surface area is 191 Å². The zero-order valence-corrected chi connectivity index (χ0v) is 18.2. The number of fused-ring (bicyclic) bond motifs is 1. The second kappa shape index (κ2) is 8.62. The molecule has 2 aromatic heterocycles. The van der Waals surface area contributed by atoms with E-state index in [1.807, 2.05) is 0 Å². The maximum atomic E-state index is 13.2. The maximum absolute atomic E-state index is 13.2. The molecule has 3 heterocycles. The first-order chi connectivity index (χ1) is 14.9. The number of aromatic nitrogens is 3. The minimum Gasteiger partial charge on any atom is -0.454 e. The van der Waals surface area contributed by atoms with E-state index in [0.717, 1.165) is 0 Å². The Morgan fingerprint density at radius 1 is 1.16 bits per heavy atom. The molecule has 2 amide bonds. The number of nitrogens with one attached hydrogen (secondary N) is 2. The van der Waals surface area contributed by atoms with Crippen LogP contribution >= 0.6 is 34.8 Å². The van der Waals surface area contributed by atoms with Gasteiger partial charge in [0, 0.05) is 24.9 Å². The van der Waals surface area contributed by atoms with Crippen LogP contribution in [0.1, 0.15) is 27.8 Å². The number of carbonyl (C=O) groups excluding carboxylic acids is 2. The summed E-state index contributed by atoms with van der Waals surface area (Å²) >= 11 is 18.6. The van der Waals surface area contributed by atoms with E-state index in [1.54, 1.807) is 19.1 Å².